The SMILES string of the molecule is O=C(O)C1CN(Cc2ccc3cc(OC4CCC(C5CCCCC5)CC4)ccc3c2)C1. The molecule has 0 amide bonds. The van der Waals surface area contributed by atoms with Gasteiger partial charge in [0, 0.05) is 19.6 Å². The first-order chi connectivity index (χ1) is 15.1. The molecule has 0 atom stereocenters. The molecule has 2 saturated carbocycles. The van der Waals surface area contributed by atoms with Crippen LogP contribution >= 0.6 is 0 Å². The number of hydrogen-bond acceptors (Lipinski definition) is 3. The van der Waals surface area contributed by atoms with E-state index in [-0.39, 0.29) is 5.92 Å². The molecule has 0 radical (unpaired) electrons. The summed E-state index contributed by atoms with van der Waals surface area (Å²) in [6, 6.07) is 13.0. The molecule has 2 aromatic carbocycles. The maximum atomic E-state index is 11.0. The summed E-state index contributed by atoms with van der Waals surface area (Å²) < 4.78 is 6.39. The van der Waals surface area contributed by atoms with Gasteiger partial charge in [-0.05, 0) is 72.1 Å². The maximum absolute atomic E-state index is 11.0. The van der Waals surface area contributed by atoms with Crippen molar-refractivity contribution in [3.63, 3.8) is 0 Å². The van der Waals surface area contributed by atoms with Crippen molar-refractivity contribution >= 4 is 16.7 Å². The van der Waals surface area contributed by atoms with Gasteiger partial charge in [0.2, 0.25) is 0 Å². The van der Waals surface area contributed by atoms with Crippen LogP contribution in [-0.2, 0) is 11.3 Å². The van der Waals surface area contributed by atoms with Crippen LogP contribution in [-0.4, -0.2) is 35.2 Å². The number of carboxylic acid groups (broad SMARTS) is 1. The van der Waals surface area contributed by atoms with Crippen molar-refractivity contribution in [1.29, 1.82) is 0 Å². The Morgan fingerprint density at radius 2 is 1.55 bits per heavy atom. The van der Waals surface area contributed by atoms with E-state index in [1.54, 1.807) is 0 Å². The van der Waals surface area contributed by atoms with E-state index in [1.165, 1.54) is 74.1 Å². The smallest absolute Gasteiger partial charge is 0.309 e. The van der Waals surface area contributed by atoms with E-state index < -0.39 is 5.97 Å². The number of benzene rings is 2. The van der Waals surface area contributed by atoms with Gasteiger partial charge >= 0.3 is 5.97 Å². The second kappa shape index (κ2) is 9.20. The Morgan fingerprint density at radius 3 is 2.29 bits per heavy atom. The fraction of sp³-hybridized carbons (Fsp3) is 0.593. The summed E-state index contributed by atoms with van der Waals surface area (Å²) in [7, 11) is 0. The zero-order chi connectivity index (χ0) is 21.2. The Kier molecular flexibility index (Phi) is 6.17. The molecular formula is C27H35NO3. The molecule has 1 aliphatic heterocycles. The number of carboxylic acids is 1. The molecule has 3 fully saturated rings. The van der Waals surface area contributed by atoms with Crippen molar-refractivity contribution in [1.82, 2.24) is 4.90 Å². The predicted octanol–water partition coefficient (Wildman–Crippen LogP) is 5.87. The van der Waals surface area contributed by atoms with Crippen molar-refractivity contribution in [2.75, 3.05) is 13.1 Å². The molecule has 0 bridgehead atoms. The predicted molar refractivity (Wildman–Crippen MR) is 123 cm³/mol. The first kappa shape index (κ1) is 20.8. The highest BCUT2D eigenvalue weighted by atomic mass is 16.5. The second-order valence-electron chi connectivity index (χ2n) is 10.1. The third kappa shape index (κ3) is 4.90. The third-order valence-corrected chi connectivity index (χ3v) is 7.93. The Hall–Kier alpha value is -2.07. The van der Waals surface area contributed by atoms with E-state index in [0.29, 0.717) is 19.2 Å². The Bertz CT molecular complexity index is 906. The average molecular weight is 422 g/mol. The number of likely N-dealkylation sites (tertiary alicyclic amines) is 1. The largest absolute Gasteiger partial charge is 0.490 e. The number of carbonyl (C=O) groups is 1. The summed E-state index contributed by atoms with van der Waals surface area (Å²) in [6.07, 6.45) is 12.7. The summed E-state index contributed by atoms with van der Waals surface area (Å²) in [5.74, 6) is 2.04. The van der Waals surface area contributed by atoms with Gasteiger partial charge in [0.25, 0.3) is 0 Å². The van der Waals surface area contributed by atoms with E-state index in [2.05, 4.69) is 41.3 Å². The number of rotatable bonds is 6. The van der Waals surface area contributed by atoms with Crippen molar-refractivity contribution in [3.05, 3.63) is 42.0 Å². The fourth-order valence-corrected chi connectivity index (χ4v) is 6.03. The summed E-state index contributed by atoms with van der Waals surface area (Å²) >= 11 is 0. The molecule has 1 N–H and O–H groups in total. The van der Waals surface area contributed by atoms with Crippen LogP contribution in [0.3, 0.4) is 0 Å². The molecule has 0 unspecified atom stereocenters. The van der Waals surface area contributed by atoms with Gasteiger partial charge in [-0.1, -0.05) is 50.3 Å². The fourth-order valence-electron chi connectivity index (χ4n) is 6.03. The van der Waals surface area contributed by atoms with Crippen molar-refractivity contribution in [2.45, 2.75) is 70.4 Å². The van der Waals surface area contributed by atoms with Crippen LogP contribution in [0.2, 0.25) is 0 Å². The van der Waals surface area contributed by atoms with Crippen LogP contribution in [0, 0.1) is 17.8 Å². The normalized spacial score (nSPS) is 25.9. The van der Waals surface area contributed by atoms with Crippen LogP contribution < -0.4 is 4.74 Å². The van der Waals surface area contributed by atoms with Crippen molar-refractivity contribution < 1.29 is 14.6 Å². The van der Waals surface area contributed by atoms with Gasteiger partial charge in [0.05, 0.1) is 12.0 Å². The van der Waals surface area contributed by atoms with Gasteiger partial charge < -0.3 is 9.84 Å². The van der Waals surface area contributed by atoms with E-state index >= 15 is 0 Å². The first-order valence-electron chi connectivity index (χ1n) is 12.3. The quantitative estimate of drug-likeness (QED) is 0.633. The zero-order valence-electron chi connectivity index (χ0n) is 18.5. The molecule has 166 valence electrons. The molecule has 2 aromatic rings. The van der Waals surface area contributed by atoms with Gasteiger partial charge in [-0.2, -0.15) is 0 Å². The van der Waals surface area contributed by atoms with Crippen LogP contribution in [0.1, 0.15) is 63.4 Å². The molecule has 1 saturated heterocycles. The Balaban J connectivity index is 1.15. The summed E-state index contributed by atoms with van der Waals surface area (Å²) in [6.45, 7) is 2.13. The van der Waals surface area contributed by atoms with Gasteiger partial charge in [-0.25, -0.2) is 0 Å². The van der Waals surface area contributed by atoms with Crippen molar-refractivity contribution in [3.8, 4) is 5.75 Å². The van der Waals surface area contributed by atoms with E-state index in [1.807, 2.05) is 0 Å². The number of fused-ring (bicyclic) bond motifs is 1. The molecular weight excluding hydrogens is 386 g/mol. The standard InChI is InChI=1S/C27H35NO3/c29-27(30)24-17-28(18-24)16-19-6-7-23-15-26(13-10-22(23)14-19)31-25-11-8-21(9-12-25)20-4-2-1-3-5-20/h6-7,10,13-15,20-21,24-25H,1-5,8-9,11-12,16-18H2,(H,29,30). The summed E-state index contributed by atoms with van der Waals surface area (Å²) in [5, 5.41) is 11.5. The topological polar surface area (TPSA) is 49.8 Å². The first-order valence-corrected chi connectivity index (χ1v) is 12.3. The van der Waals surface area contributed by atoms with Crippen LogP contribution in [0.5, 0.6) is 5.75 Å². The lowest BCUT2D eigenvalue weighted by molar-refractivity contribution is -0.147. The summed E-state index contributed by atoms with van der Waals surface area (Å²) in [4.78, 5) is 13.2. The van der Waals surface area contributed by atoms with E-state index in [0.717, 1.165) is 24.1 Å². The van der Waals surface area contributed by atoms with Crippen LogP contribution in [0.4, 0.5) is 0 Å². The third-order valence-electron chi connectivity index (χ3n) is 7.93. The minimum atomic E-state index is -0.676. The molecule has 0 aromatic heterocycles. The zero-order valence-corrected chi connectivity index (χ0v) is 18.5. The molecule has 0 spiro atoms. The molecule has 31 heavy (non-hydrogen) atoms. The number of ether oxygens (including phenoxy) is 1. The molecule has 1 heterocycles. The number of hydrogen-bond donors (Lipinski definition) is 1. The average Bonchev–Trinajstić information content (AvgIpc) is 2.77. The highest BCUT2D eigenvalue weighted by Crippen LogP contribution is 2.39. The molecule has 3 aliphatic rings. The molecule has 2 aliphatic carbocycles. The monoisotopic (exact) mass is 421 g/mol. The number of aliphatic carboxylic acids is 1. The van der Waals surface area contributed by atoms with E-state index in [4.69, 9.17) is 9.84 Å². The van der Waals surface area contributed by atoms with Crippen molar-refractivity contribution in [2.24, 2.45) is 17.8 Å². The van der Waals surface area contributed by atoms with Crippen LogP contribution in [0.25, 0.3) is 10.8 Å². The Morgan fingerprint density at radius 1 is 0.871 bits per heavy atom. The summed E-state index contributed by atoms with van der Waals surface area (Å²) in [5.41, 5.74) is 1.24. The van der Waals surface area contributed by atoms with Gasteiger partial charge in [-0.15, -0.1) is 0 Å². The number of nitrogens with zero attached hydrogens (tertiary/aromatic N) is 1. The molecule has 4 nitrogen and oxygen atoms in total. The van der Waals surface area contributed by atoms with Gasteiger partial charge in [0.15, 0.2) is 0 Å². The minimum Gasteiger partial charge on any atom is -0.490 e. The molecule has 5 rings (SSSR count). The van der Waals surface area contributed by atoms with Gasteiger partial charge in [-0.3, -0.25) is 9.69 Å². The highest BCUT2D eigenvalue weighted by Gasteiger charge is 2.32. The van der Waals surface area contributed by atoms with Crippen LogP contribution in [0.15, 0.2) is 36.4 Å². The second-order valence-corrected chi connectivity index (χ2v) is 10.1. The minimum absolute atomic E-state index is 0.196. The van der Waals surface area contributed by atoms with Gasteiger partial charge in [0.1, 0.15) is 5.75 Å². The lowest BCUT2D eigenvalue weighted by atomic mass is 9.73. The highest BCUT2D eigenvalue weighted by molar-refractivity contribution is 5.84. The maximum Gasteiger partial charge on any atom is 0.309 e. The lowest BCUT2D eigenvalue weighted by Crippen LogP contribution is -2.49. The van der Waals surface area contributed by atoms with E-state index in [9.17, 15) is 4.79 Å². The lowest BCUT2D eigenvalue weighted by Gasteiger charge is -2.36. The molecule has 4 heteroatoms. The Labute approximate surface area is 185 Å².